The number of hydrogen-bond donors (Lipinski definition) is 1. The first-order valence-corrected chi connectivity index (χ1v) is 9.13. The number of hydrogen-bond acceptors (Lipinski definition) is 5. The van der Waals surface area contributed by atoms with Crippen LogP contribution in [0.2, 0.25) is 4.34 Å². The molecule has 0 aliphatic rings. The average Bonchev–Trinajstić information content (AvgIpc) is 3.06. The van der Waals surface area contributed by atoms with Gasteiger partial charge in [-0.15, -0.1) is 11.3 Å². The van der Waals surface area contributed by atoms with Crippen molar-refractivity contribution in [2.24, 2.45) is 0 Å². The molecule has 0 saturated carbocycles. The van der Waals surface area contributed by atoms with Crippen LogP contribution >= 0.6 is 22.9 Å². The van der Waals surface area contributed by atoms with Gasteiger partial charge in [0.25, 0.3) is 0 Å². The Morgan fingerprint density at radius 1 is 1.38 bits per heavy atom. The van der Waals surface area contributed by atoms with Crippen LogP contribution in [0, 0.1) is 0 Å². The number of nitrogens with zero attached hydrogens (tertiary/aromatic N) is 1. The van der Waals surface area contributed by atoms with E-state index in [9.17, 15) is 8.42 Å². The number of nitrogens with one attached hydrogen (secondary N) is 1. The van der Waals surface area contributed by atoms with Crippen molar-refractivity contribution in [1.82, 2.24) is 9.62 Å². The molecule has 8 heteroatoms. The highest BCUT2D eigenvalue weighted by atomic mass is 35.5. The van der Waals surface area contributed by atoms with E-state index < -0.39 is 10.0 Å². The van der Waals surface area contributed by atoms with Gasteiger partial charge in [0.05, 0.1) is 16.4 Å². The minimum absolute atomic E-state index is 0.0241. The molecular weight excluding hydrogens is 332 g/mol. The fourth-order valence-corrected chi connectivity index (χ4v) is 3.68. The lowest BCUT2D eigenvalue weighted by molar-refractivity contribution is 0.453. The first-order valence-electron chi connectivity index (χ1n) is 6.32. The quantitative estimate of drug-likeness (QED) is 0.835. The Kier molecular flexibility index (Phi) is 5.45. The van der Waals surface area contributed by atoms with Crippen molar-refractivity contribution < 1.29 is 12.8 Å². The van der Waals surface area contributed by atoms with Gasteiger partial charge >= 0.3 is 0 Å². The molecule has 5 nitrogen and oxygen atoms in total. The summed E-state index contributed by atoms with van der Waals surface area (Å²) in [6.45, 7) is 0.321. The first kappa shape index (κ1) is 16.5. The smallest absolute Gasteiger partial charge is 0.214 e. The maximum absolute atomic E-state index is 11.8. The topological polar surface area (TPSA) is 62.6 Å². The largest absolute Gasteiger partial charge is 0.467 e. The molecule has 0 amide bonds. The summed E-state index contributed by atoms with van der Waals surface area (Å²) in [5.41, 5.74) is 0. The second-order valence-electron chi connectivity index (χ2n) is 4.64. The van der Waals surface area contributed by atoms with Crippen molar-refractivity contribution in [3.63, 3.8) is 0 Å². The van der Waals surface area contributed by atoms with Crippen LogP contribution in [0.25, 0.3) is 0 Å². The fraction of sp³-hybridized carbons (Fsp3) is 0.385. The zero-order chi connectivity index (χ0) is 15.5. The highest BCUT2D eigenvalue weighted by Gasteiger charge is 2.20. The summed E-state index contributed by atoms with van der Waals surface area (Å²) in [5.74, 6) is 0.756. The third-order valence-corrected chi connectivity index (χ3v) is 6.10. The van der Waals surface area contributed by atoms with Crippen LogP contribution in [-0.2, 0) is 10.0 Å². The first-order chi connectivity index (χ1) is 9.90. The second kappa shape index (κ2) is 6.93. The van der Waals surface area contributed by atoms with E-state index >= 15 is 0 Å². The molecule has 2 heterocycles. The van der Waals surface area contributed by atoms with Crippen molar-refractivity contribution >= 4 is 33.0 Å². The van der Waals surface area contributed by atoms with Crippen molar-refractivity contribution in [2.75, 3.05) is 26.4 Å². The molecule has 2 aromatic heterocycles. The highest BCUT2D eigenvalue weighted by Crippen LogP contribution is 2.31. The van der Waals surface area contributed by atoms with Crippen LogP contribution in [0.15, 0.2) is 34.9 Å². The highest BCUT2D eigenvalue weighted by molar-refractivity contribution is 7.89. The van der Waals surface area contributed by atoms with Crippen molar-refractivity contribution in [3.8, 4) is 0 Å². The third kappa shape index (κ3) is 4.31. The molecule has 1 N–H and O–H groups in total. The molecule has 0 aliphatic heterocycles. The standard InChI is InChI=1S/C13H17ClN2O3S2/c1-16(2)21(17,18)9-7-15-13(10-4-3-8-19-10)11-5-6-12(14)20-11/h3-6,8,13,15H,7,9H2,1-2H3. The van der Waals surface area contributed by atoms with Gasteiger partial charge in [-0.1, -0.05) is 11.6 Å². The summed E-state index contributed by atoms with van der Waals surface area (Å²) in [5, 5.41) is 3.21. The molecule has 2 aromatic rings. The molecule has 0 fully saturated rings. The zero-order valence-corrected chi connectivity index (χ0v) is 14.1. The Hall–Kier alpha value is -0.860. The Labute approximate surface area is 133 Å². The van der Waals surface area contributed by atoms with E-state index in [1.165, 1.54) is 29.7 Å². The van der Waals surface area contributed by atoms with Gasteiger partial charge in [-0.05, 0) is 24.3 Å². The lowest BCUT2D eigenvalue weighted by Crippen LogP contribution is -2.32. The molecular formula is C13H17ClN2O3S2. The number of thiophene rings is 1. The zero-order valence-electron chi connectivity index (χ0n) is 11.7. The van der Waals surface area contributed by atoms with Gasteiger partial charge in [0.1, 0.15) is 11.8 Å². The molecule has 116 valence electrons. The van der Waals surface area contributed by atoms with Crippen LogP contribution in [0.3, 0.4) is 0 Å². The monoisotopic (exact) mass is 348 g/mol. The van der Waals surface area contributed by atoms with Crippen LogP contribution in [0.1, 0.15) is 16.7 Å². The molecule has 21 heavy (non-hydrogen) atoms. The SMILES string of the molecule is CN(C)S(=O)(=O)CCNC(c1ccco1)c1ccc(Cl)s1. The Morgan fingerprint density at radius 3 is 2.67 bits per heavy atom. The molecule has 1 unspecified atom stereocenters. The van der Waals surface area contributed by atoms with E-state index in [0.717, 1.165) is 10.6 Å². The van der Waals surface area contributed by atoms with Crippen LogP contribution in [-0.4, -0.2) is 39.1 Å². The van der Waals surface area contributed by atoms with Crippen LogP contribution < -0.4 is 5.32 Å². The predicted molar refractivity (Wildman–Crippen MR) is 85.4 cm³/mol. The summed E-state index contributed by atoms with van der Waals surface area (Å²) in [7, 11) is -0.170. The van der Waals surface area contributed by atoms with E-state index in [1.807, 2.05) is 18.2 Å². The van der Waals surface area contributed by atoms with E-state index in [1.54, 1.807) is 12.3 Å². The average molecular weight is 349 g/mol. The number of sulfonamides is 1. The summed E-state index contributed by atoms with van der Waals surface area (Å²) >= 11 is 7.41. The van der Waals surface area contributed by atoms with Gasteiger partial charge in [0.15, 0.2) is 0 Å². The van der Waals surface area contributed by atoms with E-state index in [-0.39, 0.29) is 11.8 Å². The van der Waals surface area contributed by atoms with Gasteiger partial charge in [-0.25, -0.2) is 12.7 Å². The van der Waals surface area contributed by atoms with Gasteiger partial charge < -0.3 is 9.73 Å². The van der Waals surface area contributed by atoms with Crippen molar-refractivity contribution in [3.05, 3.63) is 45.5 Å². The Bertz CT molecular complexity index is 665. The summed E-state index contributed by atoms with van der Waals surface area (Å²) in [6.07, 6.45) is 1.59. The lowest BCUT2D eigenvalue weighted by atomic mass is 10.2. The Morgan fingerprint density at radius 2 is 2.14 bits per heavy atom. The summed E-state index contributed by atoms with van der Waals surface area (Å²) in [6, 6.07) is 7.18. The number of halogens is 1. The second-order valence-corrected chi connectivity index (χ2v) is 8.69. The predicted octanol–water partition coefficient (Wildman–Crippen LogP) is 2.56. The van der Waals surface area contributed by atoms with Crippen LogP contribution in [0.5, 0.6) is 0 Å². The minimum atomic E-state index is -3.22. The Balaban J connectivity index is 2.08. The maximum atomic E-state index is 11.8. The molecule has 0 aliphatic carbocycles. The number of rotatable bonds is 7. The summed E-state index contributed by atoms with van der Waals surface area (Å²) < 4.78 is 30.9. The molecule has 0 aromatic carbocycles. The van der Waals surface area contributed by atoms with Gasteiger partial charge in [0.2, 0.25) is 10.0 Å². The molecule has 0 bridgehead atoms. The minimum Gasteiger partial charge on any atom is -0.467 e. The van der Waals surface area contributed by atoms with E-state index in [0.29, 0.717) is 10.9 Å². The normalized spacial score (nSPS) is 13.7. The molecule has 0 saturated heterocycles. The molecule has 0 radical (unpaired) electrons. The summed E-state index contributed by atoms with van der Waals surface area (Å²) in [4.78, 5) is 0.984. The fourth-order valence-electron chi connectivity index (χ4n) is 1.80. The maximum Gasteiger partial charge on any atom is 0.214 e. The van der Waals surface area contributed by atoms with Crippen LogP contribution in [0.4, 0.5) is 0 Å². The van der Waals surface area contributed by atoms with Gasteiger partial charge in [-0.2, -0.15) is 0 Å². The number of furan rings is 1. The van der Waals surface area contributed by atoms with Gasteiger partial charge in [0, 0.05) is 25.5 Å². The lowest BCUT2D eigenvalue weighted by Gasteiger charge is -2.16. The molecule has 0 spiro atoms. The van der Waals surface area contributed by atoms with E-state index in [2.05, 4.69) is 5.32 Å². The van der Waals surface area contributed by atoms with Crippen molar-refractivity contribution in [2.45, 2.75) is 6.04 Å². The van der Waals surface area contributed by atoms with Crippen molar-refractivity contribution in [1.29, 1.82) is 0 Å². The van der Waals surface area contributed by atoms with E-state index in [4.69, 9.17) is 16.0 Å². The molecule has 2 rings (SSSR count). The van der Waals surface area contributed by atoms with Gasteiger partial charge in [-0.3, -0.25) is 0 Å². The molecule has 1 atom stereocenters. The third-order valence-electron chi connectivity index (χ3n) is 2.97.